The first-order valence-electron chi connectivity index (χ1n) is 16.3. The van der Waals surface area contributed by atoms with Crippen molar-refractivity contribution >= 4 is 51.8 Å². The van der Waals surface area contributed by atoms with Gasteiger partial charge in [-0.3, -0.25) is 0 Å². The van der Waals surface area contributed by atoms with Gasteiger partial charge in [-0.05, 0) is 41.9 Å². The minimum Gasteiger partial charge on any atom is -0.501 e. The van der Waals surface area contributed by atoms with Crippen LogP contribution in [0.3, 0.4) is 0 Å². The Balaban J connectivity index is 0.000000133. The molecule has 12 nitrogen and oxygen atoms in total. The van der Waals surface area contributed by atoms with Gasteiger partial charge in [0.2, 0.25) is 0 Å². The number of nitrogens with zero attached hydrogens (tertiary/aromatic N) is 12. The topological polar surface area (TPSA) is 96.8 Å². The van der Waals surface area contributed by atoms with Crippen LogP contribution in [-0.2, 0) is 20.1 Å². The number of para-hydroxylation sites is 3. The minimum absolute atomic E-state index is 0. The van der Waals surface area contributed by atoms with Crippen molar-refractivity contribution in [1.82, 2.24) is 29.9 Å². The fourth-order valence-electron chi connectivity index (χ4n) is 5.60. The smallest absolute Gasteiger partial charge is 0.144 e. The Kier molecular flexibility index (Phi) is 10.9. The Bertz CT molecular complexity index is 1860. The van der Waals surface area contributed by atoms with Crippen molar-refractivity contribution < 1.29 is 20.1 Å². The molecule has 0 bridgehead atoms. The average molecular weight is 865 g/mol. The number of aryl methyl sites for hydroxylation is 3. The van der Waals surface area contributed by atoms with Gasteiger partial charge in [0.15, 0.2) is 0 Å². The van der Waals surface area contributed by atoms with E-state index in [1.807, 2.05) is 170 Å². The third kappa shape index (κ3) is 7.51. The Morgan fingerprint density at radius 2 is 0.904 bits per heavy atom. The quantitative estimate of drug-likeness (QED) is 0.174. The first kappa shape index (κ1) is 36.2. The summed E-state index contributed by atoms with van der Waals surface area (Å²) in [5.74, 6) is 5.13. The van der Waals surface area contributed by atoms with Crippen LogP contribution < -0.4 is 29.4 Å². The molecule has 3 aromatic carbocycles. The molecular formula is C39H36IrN12-6. The number of anilines is 9. The zero-order valence-electron chi connectivity index (χ0n) is 29.6. The van der Waals surface area contributed by atoms with Crippen LogP contribution in [0.15, 0.2) is 91.4 Å². The second kappa shape index (κ2) is 15.7. The molecule has 0 aliphatic carbocycles. The van der Waals surface area contributed by atoms with E-state index in [-0.39, 0.29) is 20.1 Å². The Morgan fingerprint density at radius 1 is 0.481 bits per heavy atom. The zero-order chi connectivity index (χ0) is 35.5. The molecule has 0 spiro atoms. The minimum atomic E-state index is 0. The first-order chi connectivity index (χ1) is 24.8. The van der Waals surface area contributed by atoms with Crippen LogP contribution in [0.4, 0.5) is 51.8 Å². The number of hydrogen-bond acceptors (Lipinski definition) is 12. The monoisotopic (exact) mass is 865 g/mol. The fraction of sp³-hybridized carbons (Fsp3) is 0.154. The van der Waals surface area contributed by atoms with Crippen molar-refractivity contribution in [3.63, 3.8) is 0 Å². The van der Waals surface area contributed by atoms with Gasteiger partial charge in [0.05, 0.1) is 35.7 Å². The molecule has 3 aliphatic rings. The van der Waals surface area contributed by atoms with Crippen molar-refractivity contribution in [2.45, 2.75) is 20.8 Å². The van der Waals surface area contributed by atoms with E-state index in [1.165, 1.54) is 0 Å². The van der Waals surface area contributed by atoms with E-state index in [1.54, 1.807) is 12.4 Å². The number of benzene rings is 3. The van der Waals surface area contributed by atoms with E-state index in [9.17, 15) is 0 Å². The number of aromatic nitrogens is 6. The molecule has 0 saturated heterocycles. The molecule has 0 fully saturated rings. The van der Waals surface area contributed by atoms with E-state index in [0.29, 0.717) is 0 Å². The summed E-state index contributed by atoms with van der Waals surface area (Å²) >= 11 is 0. The molecule has 0 saturated carbocycles. The standard InChI is InChI=1S/3C13H12N4.Ir/c1-10-14-8-12-13(15-10)17(9-16(12)2)11-6-4-3-5-7-11;2*1-10-8-14-12-13(15-10)17(9-16(12)2)11-6-4-3-5-7-11;/h3*3-6,8-9H,1-2H3;/q3*-2;. The van der Waals surface area contributed by atoms with Gasteiger partial charge < -0.3 is 29.4 Å². The average Bonchev–Trinajstić information content (AvgIpc) is 3.79. The van der Waals surface area contributed by atoms with Crippen LogP contribution >= 0.6 is 0 Å². The summed E-state index contributed by atoms with van der Waals surface area (Å²) in [5.41, 5.74) is 5.75. The SMILES string of the molecule is Cc1cnc2c(n1)N(c1[c-]cccc1)[CH-]N2C.Cc1cnc2c(n1)N(c1[c-]cccc1)[CH-]N2C.Cc1ncc2c(n1)N(c1[c-]cccc1)[CH-]N2C.[Ir]. The van der Waals surface area contributed by atoms with Crippen LogP contribution in [0.5, 0.6) is 0 Å². The van der Waals surface area contributed by atoms with Crippen LogP contribution in [-0.4, -0.2) is 51.0 Å². The molecule has 3 aromatic heterocycles. The Hall–Kier alpha value is -5.65. The normalized spacial score (nSPS) is 13.7. The van der Waals surface area contributed by atoms with Gasteiger partial charge in [-0.2, -0.15) is 97.7 Å². The molecule has 9 rings (SSSR count). The number of fused-ring (bicyclic) bond motifs is 3. The maximum atomic E-state index is 4.53. The maximum Gasteiger partial charge on any atom is 0.144 e. The van der Waals surface area contributed by atoms with Gasteiger partial charge in [-0.1, -0.05) is 0 Å². The number of hydrogen-bond donors (Lipinski definition) is 0. The van der Waals surface area contributed by atoms with Crippen LogP contribution in [0.1, 0.15) is 17.2 Å². The van der Waals surface area contributed by atoms with Crippen molar-refractivity contribution in [2.75, 3.05) is 50.5 Å². The molecule has 3 aliphatic heterocycles. The predicted molar refractivity (Wildman–Crippen MR) is 201 cm³/mol. The molecule has 0 atom stereocenters. The molecule has 52 heavy (non-hydrogen) atoms. The van der Waals surface area contributed by atoms with Crippen molar-refractivity contribution in [3.8, 4) is 0 Å². The summed E-state index contributed by atoms with van der Waals surface area (Å²) in [6.07, 6.45) is 5.40. The summed E-state index contributed by atoms with van der Waals surface area (Å²) in [6, 6.07) is 33.1. The third-order valence-corrected chi connectivity index (χ3v) is 8.04. The molecule has 1 radical (unpaired) electrons. The van der Waals surface area contributed by atoms with E-state index in [4.69, 9.17) is 0 Å². The summed E-state index contributed by atoms with van der Waals surface area (Å²) in [5, 5.41) is 0. The van der Waals surface area contributed by atoms with Gasteiger partial charge in [-0.25, -0.2) is 29.9 Å². The molecule has 267 valence electrons. The van der Waals surface area contributed by atoms with Gasteiger partial charge in [0.1, 0.15) is 34.9 Å². The summed E-state index contributed by atoms with van der Waals surface area (Å²) < 4.78 is 0. The van der Waals surface area contributed by atoms with Gasteiger partial charge in [0, 0.05) is 20.1 Å². The van der Waals surface area contributed by atoms with Crippen LogP contribution in [0, 0.1) is 59.0 Å². The first-order valence-corrected chi connectivity index (χ1v) is 16.3. The second-order valence-corrected chi connectivity index (χ2v) is 12.0. The van der Waals surface area contributed by atoms with Crippen molar-refractivity contribution in [3.05, 3.63) is 147 Å². The van der Waals surface area contributed by atoms with E-state index < -0.39 is 0 Å². The predicted octanol–water partition coefficient (Wildman–Crippen LogP) is 6.87. The molecular weight excluding hydrogens is 829 g/mol. The van der Waals surface area contributed by atoms with E-state index in [2.05, 4.69) is 48.1 Å². The van der Waals surface area contributed by atoms with Crippen LogP contribution in [0.2, 0.25) is 0 Å². The molecule has 0 amide bonds. The van der Waals surface area contributed by atoms with Crippen molar-refractivity contribution in [2.24, 2.45) is 0 Å². The fourth-order valence-corrected chi connectivity index (χ4v) is 5.60. The Labute approximate surface area is 318 Å². The zero-order valence-corrected chi connectivity index (χ0v) is 32.0. The van der Waals surface area contributed by atoms with Crippen molar-refractivity contribution in [1.29, 1.82) is 0 Å². The molecule has 0 unspecified atom stereocenters. The molecule has 6 aromatic rings. The van der Waals surface area contributed by atoms with E-state index >= 15 is 0 Å². The van der Waals surface area contributed by atoms with Gasteiger partial charge in [0.25, 0.3) is 0 Å². The molecule has 6 heterocycles. The molecule has 0 N–H and O–H groups in total. The van der Waals surface area contributed by atoms with Gasteiger partial charge >= 0.3 is 0 Å². The molecule has 13 heteroatoms. The number of rotatable bonds is 3. The maximum absolute atomic E-state index is 4.53. The summed E-state index contributed by atoms with van der Waals surface area (Å²) in [6.45, 7) is 11.7. The van der Waals surface area contributed by atoms with E-state index in [0.717, 1.165) is 69.1 Å². The second-order valence-electron chi connectivity index (χ2n) is 12.0. The summed E-state index contributed by atoms with van der Waals surface area (Å²) in [4.78, 5) is 38.5. The largest absolute Gasteiger partial charge is 0.501 e. The third-order valence-electron chi connectivity index (χ3n) is 8.04. The van der Waals surface area contributed by atoms with Gasteiger partial charge in [-0.15, -0.1) is 30.4 Å². The summed E-state index contributed by atoms with van der Waals surface area (Å²) in [7, 11) is 5.91. The Morgan fingerprint density at radius 3 is 1.33 bits per heavy atom. The van der Waals surface area contributed by atoms with Crippen LogP contribution in [0.25, 0.3) is 0 Å².